The molecule has 0 bridgehead atoms. The standard InChI is InChI=1S/C18H20FN3O/c1-23-18-9-5-4-8-17(18)21-10-12-22(13-11-21)20-14-15-6-2-3-7-16(15)19/h2-9,14H,10-13H2,1H3/b20-14-. The number of hydrogen-bond donors (Lipinski definition) is 0. The number of rotatable bonds is 4. The number of methoxy groups -OCH3 is 1. The molecular weight excluding hydrogens is 293 g/mol. The Morgan fingerprint density at radius 1 is 1.00 bits per heavy atom. The maximum atomic E-state index is 13.6. The molecule has 0 aromatic heterocycles. The monoisotopic (exact) mass is 313 g/mol. The fourth-order valence-corrected chi connectivity index (χ4v) is 2.67. The summed E-state index contributed by atoms with van der Waals surface area (Å²) in [4.78, 5) is 2.29. The largest absolute Gasteiger partial charge is 0.495 e. The summed E-state index contributed by atoms with van der Waals surface area (Å²) in [6.45, 7) is 3.30. The van der Waals surface area contributed by atoms with Gasteiger partial charge >= 0.3 is 0 Å². The number of hydrogen-bond acceptors (Lipinski definition) is 4. The van der Waals surface area contributed by atoms with Gasteiger partial charge in [-0.05, 0) is 18.2 Å². The molecule has 2 aromatic carbocycles. The minimum Gasteiger partial charge on any atom is -0.495 e. The van der Waals surface area contributed by atoms with Crippen LogP contribution in [0.4, 0.5) is 10.1 Å². The van der Waals surface area contributed by atoms with E-state index in [1.807, 2.05) is 29.3 Å². The van der Waals surface area contributed by atoms with Crippen LogP contribution in [-0.4, -0.2) is 44.5 Å². The van der Waals surface area contributed by atoms with Crippen molar-refractivity contribution in [3.05, 3.63) is 59.9 Å². The molecule has 1 aliphatic rings. The van der Waals surface area contributed by atoms with E-state index in [0.29, 0.717) is 5.56 Å². The van der Waals surface area contributed by atoms with Gasteiger partial charge in [-0.1, -0.05) is 30.3 Å². The molecule has 0 spiro atoms. The van der Waals surface area contributed by atoms with Crippen molar-refractivity contribution in [2.24, 2.45) is 5.10 Å². The van der Waals surface area contributed by atoms with Crippen molar-refractivity contribution in [3.63, 3.8) is 0 Å². The molecule has 1 heterocycles. The Hall–Kier alpha value is -2.56. The molecule has 0 saturated carbocycles. The number of piperazine rings is 1. The summed E-state index contributed by atoms with van der Waals surface area (Å²) in [7, 11) is 1.69. The normalized spacial score (nSPS) is 15.2. The Bertz CT molecular complexity index is 681. The van der Waals surface area contributed by atoms with Gasteiger partial charge in [-0.25, -0.2) is 4.39 Å². The number of hydrazone groups is 1. The summed E-state index contributed by atoms with van der Waals surface area (Å²) in [6, 6.07) is 14.7. The van der Waals surface area contributed by atoms with Crippen molar-refractivity contribution in [1.29, 1.82) is 0 Å². The van der Waals surface area contributed by atoms with E-state index in [-0.39, 0.29) is 5.82 Å². The lowest BCUT2D eigenvalue weighted by Gasteiger charge is -2.35. The van der Waals surface area contributed by atoms with Crippen molar-refractivity contribution in [3.8, 4) is 5.75 Å². The van der Waals surface area contributed by atoms with E-state index >= 15 is 0 Å². The number of anilines is 1. The number of para-hydroxylation sites is 2. The topological polar surface area (TPSA) is 28.1 Å². The summed E-state index contributed by atoms with van der Waals surface area (Å²) < 4.78 is 19.0. The predicted molar refractivity (Wildman–Crippen MR) is 90.8 cm³/mol. The second-order valence-corrected chi connectivity index (χ2v) is 5.38. The molecule has 0 N–H and O–H groups in total. The molecule has 0 unspecified atom stereocenters. The van der Waals surface area contributed by atoms with Gasteiger partial charge in [0.15, 0.2) is 0 Å². The molecule has 0 radical (unpaired) electrons. The van der Waals surface area contributed by atoms with Crippen molar-refractivity contribution in [2.75, 3.05) is 38.2 Å². The number of halogens is 1. The van der Waals surface area contributed by atoms with Crippen molar-refractivity contribution in [1.82, 2.24) is 5.01 Å². The van der Waals surface area contributed by atoms with Crippen molar-refractivity contribution < 1.29 is 9.13 Å². The van der Waals surface area contributed by atoms with Gasteiger partial charge in [0.25, 0.3) is 0 Å². The molecule has 5 heteroatoms. The third-order valence-corrected chi connectivity index (χ3v) is 3.95. The number of nitrogens with zero attached hydrogens (tertiary/aromatic N) is 3. The molecule has 23 heavy (non-hydrogen) atoms. The third kappa shape index (κ3) is 3.62. The fourth-order valence-electron chi connectivity index (χ4n) is 2.67. The zero-order valence-electron chi connectivity index (χ0n) is 13.2. The minimum absolute atomic E-state index is 0.246. The van der Waals surface area contributed by atoms with Gasteiger partial charge in [0.05, 0.1) is 32.1 Å². The molecule has 1 fully saturated rings. The van der Waals surface area contributed by atoms with Crippen LogP contribution in [0, 0.1) is 5.82 Å². The van der Waals surface area contributed by atoms with Crippen molar-refractivity contribution in [2.45, 2.75) is 0 Å². The average Bonchev–Trinajstić information content (AvgIpc) is 2.61. The molecule has 4 nitrogen and oxygen atoms in total. The maximum Gasteiger partial charge on any atom is 0.142 e. The molecule has 120 valence electrons. The van der Waals surface area contributed by atoms with E-state index in [0.717, 1.165) is 37.6 Å². The van der Waals surface area contributed by atoms with Crippen LogP contribution >= 0.6 is 0 Å². The Balaban J connectivity index is 1.61. The molecule has 2 aromatic rings. The van der Waals surface area contributed by atoms with E-state index in [4.69, 9.17) is 4.74 Å². The summed E-state index contributed by atoms with van der Waals surface area (Å²) in [6.07, 6.45) is 1.59. The molecule has 3 rings (SSSR count). The Kier molecular flexibility index (Phi) is 4.76. The first-order valence-electron chi connectivity index (χ1n) is 7.69. The van der Waals surface area contributed by atoms with Crippen LogP contribution in [0.25, 0.3) is 0 Å². The number of ether oxygens (including phenoxy) is 1. The summed E-state index contributed by atoms with van der Waals surface area (Å²) in [5, 5.41) is 6.37. The van der Waals surface area contributed by atoms with Crippen LogP contribution in [-0.2, 0) is 0 Å². The second-order valence-electron chi connectivity index (χ2n) is 5.38. The molecule has 0 atom stereocenters. The smallest absolute Gasteiger partial charge is 0.142 e. The van der Waals surface area contributed by atoms with Crippen LogP contribution in [0.2, 0.25) is 0 Å². The highest BCUT2D eigenvalue weighted by Crippen LogP contribution is 2.28. The predicted octanol–water partition coefficient (Wildman–Crippen LogP) is 2.99. The Labute approximate surface area is 135 Å². The SMILES string of the molecule is COc1ccccc1N1CCN(/N=C\c2ccccc2F)CC1. The zero-order valence-corrected chi connectivity index (χ0v) is 13.2. The number of benzene rings is 2. The first-order chi connectivity index (χ1) is 11.3. The van der Waals surface area contributed by atoms with Gasteiger partial charge in [0.2, 0.25) is 0 Å². The second kappa shape index (κ2) is 7.13. The molecule has 1 aliphatic heterocycles. The van der Waals surface area contributed by atoms with Gasteiger partial charge in [-0.3, -0.25) is 5.01 Å². The lowest BCUT2D eigenvalue weighted by Crippen LogP contribution is -2.44. The lowest BCUT2D eigenvalue weighted by molar-refractivity contribution is 0.271. The summed E-state index contributed by atoms with van der Waals surface area (Å²) in [5.74, 6) is 0.639. The Morgan fingerprint density at radius 2 is 1.70 bits per heavy atom. The van der Waals surface area contributed by atoms with Crippen LogP contribution in [0.15, 0.2) is 53.6 Å². The van der Waals surface area contributed by atoms with E-state index in [1.54, 1.807) is 25.5 Å². The van der Waals surface area contributed by atoms with Crippen LogP contribution < -0.4 is 9.64 Å². The zero-order chi connectivity index (χ0) is 16.1. The van der Waals surface area contributed by atoms with E-state index in [2.05, 4.69) is 16.1 Å². The lowest BCUT2D eigenvalue weighted by atomic mass is 10.2. The molecule has 0 amide bonds. The van der Waals surface area contributed by atoms with Crippen LogP contribution in [0.1, 0.15) is 5.56 Å². The first-order valence-corrected chi connectivity index (χ1v) is 7.69. The molecule has 1 saturated heterocycles. The van der Waals surface area contributed by atoms with Crippen LogP contribution in [0.5, 0.6) is 5.75 Å². The minimum atomic E-state index is -0.246. The van der Waals surface area contributed by atoms with E-state index in [1.165, 1.54) is 6.07 Å². The van der Waals surface area contributed by atoms with Gasteiger partial charge in [0.1, 0.15) is 11.6 Å². The highest BCUT2D eigenvalue weighted by Gasteiger charge is 2.18. The quantitative estimate of drug-likeness (QED) is 0.812. The van der Waals surface area contributed by atoms with Crippen molar-refractivity contribution >= 4 is 11.9 Å². The van der Waals surface area contributed by atoms with Gasteiger partial charge in [-0.2, -0.15) is 5.10 Å². The Morgan fingerprint density at radius 3 is 2.43 bits per heavy atom. The highest BCUT2D eigenvalue weighted by molar-refractivity contribution is 5.79. The van der Waals surface area contributed by atoms with Gasteiger partial charge in [0, 0.05) is 18.7 Å². The van der Waals surface area contributed by atoms with Crippen LogP contribution in [0.3, 0.4) is 0 Å². The summed E-state index contributed by atoms with van der Waals surface area (Å²) >= 11 is 0. The first kappa shape index (κ1) is 15.3. The molecular formula is C18H20FN3O. The fraction of sp³-hybridized carbons (Fsp3) is 0.278. The van der Waals surface area contributed by atoms with E-state index in [9.17, 15) is 4.39 Å². The maximum absolute atomic E-state index is 13.6. The highest BCUT2D eigenvalue weighted by atomic mass is 19.1. The third-order valence-electron chi connectivity index (χ3n) is 3.95. The molecule has 0 aliphatic carbocycles. The van der Waals surface area contributed by atoms with Gasteiger partial charge < -0.3 is 9.64 Å². The van der Waals surface area contributed by atoms with Gasteiger partial charge in [-0.15, -0.1) is 0 Å². The van der Waals surface area contributed by atoms with E-state index < -0.39 is 0 Å². The average molecular weight is 313 g/mol. The summed E-state index contributed by atoms with van der Waals surface area (Å²) in [5.41, 5.74) is 1.62.